The van der Waals surface area contributed by atoms with E-state index in [4.69, 9.17) is 9.84 Å². The average Bonchev–Trinajstić information content (AvgIpc) is 2.54. The van der Waals surface area contributed by atoms with Crippen LogP contribution in [0.3, 0.4) is 0 Å². The van der Waals surface area contributed by atoms with Crippen LogP contribution in [0, 0.1) is 5.41 Å². The predicted molar refractivity (Wildman–Crippen MR) is 33.5 cm³/mol. The predicted octanol–water partition coefficient (Wildman–Crippen LogP) is 1.09. The summed E-state index contributed by atoms with van der Waals surface area (Å²) in [5.41, 5.74) is -1.61. The van der Waals surface area contributed by atoms with Crippen molar-refractivity contribution in [3.8, 4) is 0 Å². The summed E-state index contributed by atoms with van der Waals surface area (Å²) >= 11 is 0. The quantitative estimate of drug-likeness (QED) is 0.657. The minimum atomic E-state index is -4.17. The van der Waals surface area contributed by atoms with Crippen LogP contribution in [-0.2, 0) is 4.74 Å². The van der Waals surface area contributed by atoms with Gasteiger partial charge in [0.15, 0.2) is 0 Å². The van der Waals surface area contributed by atoms with Gasteiger partial charge in [0.1, 0.15) is 0 Å². The highest BCUT2D eigenvalue weighted by molar-refractivity contribution is 5.14. The lowest BCUT2D eigenvalue weighted by atomic mass is 10.00. The van der Waals surface area contributed by atoms with Gasteiger partial charge in [-0.1, -0.05) is 0 Å². The van der Waals surface area contributed by atoms with E-state index in [2.05, 4.69) is 0 Å². The van der Waals surface area contributed by atoms with E-state index in [0.29, 0.717) is 0 Å². The monoisotopic (exact) mass is 182 g/mol. The number of rotatable bonds is 1. The lowest BCUT2D eigenvalue weighted by molar-refractivity contribution is -0.188. The van der Waals surface area contributed by atoms with Gasteiger partial charge in [0.25, 0.3) is 0 Å². The first-order valence-corrected chi connectivity index (χ1v) is 3.83. The van der Waals surface area contributed by atoms with Crippen LogP contribution < -0.4 is 0 Å². The van der Waals surface area contributed by atoms with Crippen molar-refractivity contribution in [1.82, 2.24) is 0 Å². The Morgan fingerprint density at radius 3 is 2.42 bits per heavy atom. The van der Waals surface area contributed by atoms with Crippen LogP contribution in [0.2, 0.25) is 0 Å². The fourth-order valence-corrected chi connectivity index (χ4v) is 1.87. The van der Waals surface area contributed by atoms with Gasteiger partial charge in [0.05, 0.1) is 24.2 Å². The molecule has 1 saturated heterocycles. The summed E-state index contributed by atoms with van der Waals surface area (Å²) < 4.78 is 41.9. The third-order valence-corrected chi connectivity index (χ3v) is 2.72. The smallest absolute Gasteiger partial charge is 0.394 e. The van der Waals surface area contributed by atoms with Crippen molar-refractivity contribution in [1.29, 1.82) is 0 Å². The standard InChI is InChI=1S/C7H9F3O2/c8-7(9,10)6-1-4(3-11)12-5(6)2-6/h4-5,11H,1-3H2/t4-,5-,6+/m0/s1. The molecule has 0 amide bonds. The van der Waals surface area contributed by atoms with Gasteiger partial charge in [-0.2, -0.15) is 13.2 Å². The molecule has 1 N–H and O–H groups in total. The minimum absolute atomic E-state index is 0.0718. The second-order valence-corrected chi connectivity index (χ2v) is 3.49. The summed E-state index contributed by atoms with van der Waals surface area (Å²) in [6, 6.07) is 0. The van der Waals surface area contributed by atoms with Gasteiger partial charge in [0, 0.05) is 0 Å². The molecule has 2 rings (SSSR count). The van der Waals surface area contributed by atoms with Crippen LogP contribution in [0.4, 0.5) is 13.2 Å². The van der Waals surface area contributed by atoms with E-state index < -0.39 is 23.8 Å². The molecule has 1 saturated carbocycles. The molecular weight excluding hydrogens is 173 g/mol. The molecule has 0 aromatic rings. The molecule has 0 unspecified atom stereocenters. The van der Waals surface area contributed by atoms with E-state index in [-0.39, 0.29) is 19.4 Å². The van der Waals surface area contributed by atoms with Crippen LogP contribution in [-0.4, -0.2) is 30.1 Å². The molecule has 5 heteroatoms. The molecule has 0 aromatic carbocycles. The number of hydrogen-bond donors (Lipinski definition) is 1. The first-order valence-electron chi connectivity index (χ1n) is 3.83. The Morgan fingerprint density at radius 1 is 1.42 bits per heavy atom. The van der Waals surface area contributed by atoms with Crippen LogP contribution in [0.5, 0.6) is 0 Å². The number of halogens is 3. The highest BCUT2D eigenvalue weighted by Crippen LogP contribution is 2.66. The Kier molecular flexibility index (Phi) is 1.48. The SMILES string of the molecule is OC[C@@H]1C[C@@]2(C(F)(F)F)C[C@@H]2O1. The number of hydrogen-bond acceptors (Lipinski definition) is 2. The normalized spacial score (nSPS) is 46.0. The van der Waals surface area contributed by atoms with Gasteiger partial charge in [0.2, 0.25) is 0 Å². The highest BCUT2D eigenvalue weighted by atomic mass is 19.4. The molecule has 0 bridgehead atoms. The van der Waals surface area contributed by atoms with Gasteiger partial charge in [-0.25, -0.2) is 0 Å². The van der Waals surface area contributed by atoms with E-state index in [0.717, 1.165) is 0 Å². The van der Waals surface area contributed by atoms with Crippen LogP contribution in [0.15, 0.2) is 0 Å². The van der Waals surface area contributed by atoms with Crippen molar-refractivity contribution < 1.29 is 23.0 Å². The van der Waals surface area contributed by atoms with Crippen molar-refractivity contribution in [2.45, 2.75) is 31.2 Å². The highest BCUT2D eigenvalue weighted by Gasteiger charge is 2.75. The first kappa shape index (κ1) is 8.31. The second-order valence-electron chi connectivity index (χ2n) is 3.49. The topological polar surface area (TPSA) is 29.5 Å². The summed E-state index contributed by atoms with van der Waals surface area (Å²) in [6.45, 7) is -0.311. The Hall–Kier alpha value is -0.290. The van der Waals surface area contributed by atoms with E-state index in [1.807, 2.05) is 0 Å². The van der Waals surface area contributed by atoms with E-state index in [1.165, 1.54) is 0 Å². The van der Waals surface area contributed by atoms with Gasteiger partial charge in [-0.3, -0.25) is 0 Å². The maximum Gasteiger partial charge on any atom is 0.397 e. The fourth-order valence-electron chi connectivity index (χ4n) is 1.87. The van der Waals surface area contributed by atoms with Crippen molar-refractivity contribution >= 4 is 0 Å². The number of aliphatic hydroxyl groups is 1. The van der Waals surface area contributed by atoms with Crippen molar-refractivity contribution in [3.05, 3.63) is 0 Å². The number of aliphatic hydroxyl groups excluding tert-OH is 1. The maximum atomic E-state index is 12.3. The summed E-state index contributed by atoms with van der Waals surface area (Å²) in [5.74, 6) is 0. The maximum absolute atomic E-state index is 12.3. The van der Waals surface area contributed by atoms with Crippen LogP contribution in [0.25, 0.3) is 0 Å². The summed E-state index contributed by atoms with van der Waals surface area (Å²) in [7, 11) is 0. The molecule has 12 heavy (non-hydrogen) atoms. The lowest BCUT2D eigenvalue weighted by Crippen LogP contribution is -2.27. The molecule has 0 aromatic heterocycles. The molecule has 2 fully saturated rings. The number of fused-ring (bicyclic) bond motifs is 1. The molecule has 2 nitrogen and oxygen atoms in total. The molecule has 1 heterocycles. The molecule has 0 spiro atoms. The molecule has 3 atom stereocenters. The zero-order valence-corrected chi connectivity index (χ0v) is 6.27. The Balaban J connectivity index is 2.09. The van der Waals surface area contributed by atoms with Gasteiger partial charge in [-0.15, -0.1) is 0 Å². The van der Waals surface area contributed by atoms with Crippen molar-refractivity contribution in [2.75, 3.05) is 6.61 Å². The zero-order chi connectivity index (χ0) is 8.98. The molecular formula is C7H9F3O2. The van der Waals surface area contributed by atoms with Gasteiger partial charge >= 0.3 is 6.18 Å². The molecule has 1 aliphatic heterocycles. The van der Waals surface area contributed by atoms with Gasteiger partial charge in [-0.05, 0) is 12.8 Å². The number of ether oxygens (including phenoxy) is 1. The Bertz CT molecular complexity index is 203. The largest absolute Gasteiger partial charge is 0.397 e. The second kappa shape index (κ2) is 2.14. The summed E-state index contributed by atoms with van der Waals surface area (Å²) in [4.78, 5) is 0. The molecule has 70 valence electrons. The summed E-state index contributed by atoms with van der Waals surface area (Å²) in [5, 5.41) is 8.59. The molecule has 0 radical (unpaired) electrons. The average molecular weight is 182 g/mol. The first-order chi connectivity index (χ1) is 5.49. The summed E-state index contributed by atoms with van der Waals surface area (Å²) in [6.07, 6.45) is -5.45. The molecule has 2 aliphatic rings. The zero-order valence-electron chi connectivity index (χ0n) is 6.27. The Labute approximate surface area is 67.3 Å². The van der Waals surface area contributed by atoms with Crippen LogP contribution in [0.1, 0.15) is 12.8 Å². The third-order valence-electron chi connectivity index (χ3n) is 2.72. The van der Waals surface area contributed by atoms with Gasteiger partial charge < -0.3 is 9.84 Å². The van der Waals surface area contributed by atoms with E-state index in [9.17, 15) is 13.2 Å². The minimum Gasteiger partial charge on any atom is -0.394 e. The van der Waals surface area contributed by atoms with Crippen LogP contribution >= 0.6 is 0 Å². The Morgan fingerprint density at radius 2 is 2.08 bits per heavy atom. The fraction of sp³-hybridized carbons (Fsp3) is 1.00. The van der Waals surface area contributed by atoms with Crippen molar-refractivity contribution in [3.63, 3.8) is 0 Å². The lowest BCUT2D eigenvalue weighted by Gasteiger charge is -2.16. The number of alkyl halides is 3. The van der Waals surface area contributed by atoms with E-state index >= 15 is 0 Å². The van der Waals surface area contributed by atoms with E-state index in [1.54, 1.807) is 0 Å². The third kappa shape index (κ3) is 0.894. The molecule has 1 aliphatic carbocycles. The van der Waals surface area contributed by atoms with Crippen molar-refractivity contribution in [2.24, 2.45) is 5.41 Å².